The Kier molecular flexibility index (Phi) is 5.34. The number of carbonyl (C=O) groups is 1. The van der Waals surface area contributed by atoms with Gasteiger partial charge in [-0.2, -0.15) is 10.1 Å². The van der Waals surface area contributed by atoms with E-state index in [1.807, 2.05) is 54.9 Å². The maximum atomic E-state index is 12.8. The van der Waals surface area contributed by atoms with Crippen LogP contribution >= 0.6 is 0 Å². The van der Waals surface area contributed by atoms with E-state index in [1.54, 1.807) is 25.1 Å². The van der Waals surface area contributed by atoms with Crippen molar-refractivity contribution in [3.05, 3.63) is 60.3 Å². The zero-order valence-corrected chi connectivity index (χ0v) is 18.7. The molecule has 0 unspecified atom stereocenters. The smallest absolute Gasteiger partial charge is 0.265 e. The predicted molar refractivity (Wildman–Crippen MR) is 125 cm³/mol. The lowest BCUT2D eigenvalue weighted by molar-refractivity contribution is -0.122. The Bertz CT molecular complexity index is 1330. The molecule has 33 heavy (non-hydrogen) atoms. The Labute approximate surface area is 191 Å². The second kappa shape index (κ2) is 8.46. The number of nitrogens with one attached hydrogen (secondary N) is 1. The van der Waals surface area contributed by atoms with Crippen LogP contribution in [0.1, 0.15) is 19.5 Å². The number of anilines is 1. The average molecular weight is 444 g/mol. The van der Waals surface area contributed by atoms with E-state index in [-0.39, 0.29) is 12.7 Å². The molecule has 0 aliphatic carbocycles. The van der Waals surface area contributed by atoms with Gasteiger partial charge in [0.15, 0.2) is 23.3 Å². The van der Waals surface area contributed by atoms with Crippen molar-refractivity contribution in [2.24, 2.45) is 0 Å². The lowest BCUT2D eigenvalue weighted by Crippen LogP contribution is -2.30. The van der Waals surface area contributed by atoms with Gasteiger partial charge in [0.25, 0.3) is 5.91 Å². The van der Waals surface area contributed by atoms with E-state index in [0.717, 1.165) is 27.9 Å². The van der Waals surface area contributed by atoms with E-state index in [2.05, 4.69) is 10.4 Å². The van der Waals surface area contributed by atoms with Gasteiger partial charge in [0, 0.05) is 24.4 Å². The first-order valence-corrected chi connectivity index (χ1v) is 10.8. The molecule has 0 radical (unpaired) electrons. The Balaban J connectivity index is 1.44. The molecule has 0 saturated heterocycles. The summed E-state index contributed by atoms with van der Waals surface area (Å²) in [5, 5.41) is 8.47. The summed E-state index contributed by atoms with van der Waals surface area (Å²) in [5.41, 5.74) is 4.24. The Morgan fingerprint density at radius 1 is 1.15 bits per heavy atom. The zero-order chi connectivity index (χ0) is 22.9. The van der Waals surface area contributed by atoms with Gasteiger partial charge in [0.05, 0.1) is 11.1 Å². The lowest BCUT2D eigenvalue weighted by Gasteiger charge is -2.16. The highest BCUT2D eigenvalue weighted by Crippen LogP contribution is 2.35. The van der Waals surface area contributed by atoms with E-state index >= 15 is 0 Å². The van der Waals surface area contributed by atoms with Gasteiger partial charge in [-0.3, -0.25) is 4.79 Å². The molecule has 2 aromatic heterocycles. The topological polar surface area (TPSA) is 87.5 Å². The molecule has 0 bridgehead atoms. The number of rotatable bonds is 6. The van der Waals surface area contributed by atoms with E-state index < -0.39 is 6.10 Å². The third kappa shape index (κ3) is 3.95. The van der Waals surface area contributed by atoms with Crippen molar-refractivity contribution >= 4 is 22.6 Å². The van der Waals surface area contributed by atoms with Crippen LogP contribution in [0.25, 0.3) is 22.2 Å². The lowest BCUT2D eigenvalue weighted by atomic mass is 10.0. The van der Waals surface area contributed by atoms with Crippen molar-refractivity contribution in [3.63, 3.8) is 0 Å². The molecule has 1 amide bonds. The molecule has 0 saturated carbocycles. The fraction of sp³-hybridized carbons (Fsp3) is 0.240. The van der Waals surface area contributed by atoms with Gasteiger partial charge in [-0.05, 0) is 44.0 Å². The summed E-state index contributed by atoms with van der Waals surface area (Å²) in [5.74, 6) is 1.33. The minimum atomic E-state index is -0.775. The van der Waals surface area contributed by atoms with Crippen molar-refractivity contribution in [2.75, 3.05) is 12.1 Å². The number of fused-ring (bicyclic) bond motifs is 2. The molecule has 3 heterocycles. The van der Waals surface area contributed by atoms with E-state index in [9.17, 15) is 4.79 Å². The van der Waals surface area contributed by atoms with Crippen LogP contribution < -0.4 is 19.5 Å². The molecule has 0 fully saturated rings. The molecule has 8 nitrogen and oxygen atoms in total. The van der Waals surface area contributed by atoms with Gasteiger partial charge in [0.2, 0.25) is 12.7 Å². The van der Waals surface area contributed by atoms with Crippen LogP contribution in [0.4, 0.5) is 5.69 Å². The maximum Gasteiger partial charge on any atom is 0.265 e. The molecular weight excluding hydrogens is 420 g/mol. The number of amides is 1. The zero-order valence-electron chi connectivity index (χ0n) is 18.7. The second-order valence-corrected chi connectivity index (χ2v) is 7.79. The second-order valence-electron chi connectivity index (χ2n) is 7.79. The first-order valence-electron chi connectivity index (χ1n) is 10.8. The van der Waals surface area contributed by atoms with Crippen LogP contribution in [0.3, 0.4) is 0 Å². The number of benzene rings is 2. The Morgan fingerprint density at radius 2 is 1.94 bits per heavy atom. The molecule has 1 aliphatic rings. The van der Waals surface area contributed by atoms with E-state index in [4.69, 9.17) is 19.2 Å². The quantitative estimate of drug-likeness (QED) is 0.469. The molecule has 8 heteroatoms. The summed E-state index contributed by atoms with van der Waals surface area (Å²) in [4.78, 5) is 17.5. The number of pyridine rings is 1. The molecule has 1 aliphatic heterocycles. The van der Waals surface area contributed by atoms with Crippen molar-refractivity contribution in [1.82, 2.24) is 14.8 Å². The maximum absolute atomic E-state index is 12.8. The minimum Gasteiger partial charge on any atom is -0.464 e. The van der Waals surface area contributed by atoms with Crippen molar-refractivity contribution in [1.29, 1.82) is 0 Å². The third-order valence-electron chi connectivity index (χ3n) is 5.55. The van der Waals surface area contributed by atoms with Gasteiger partial charge in [-0.1, -0.05) is 30.3 Å². The summed E-state index contributed by atoms with van der Waals surface area (Å²) in [6, 6.07) is 17.2. The molecule has 4 aromatic rings. The standard InChI is InChI=1S/C25H24N4O4/c1-4-29-24-23(15(2)28-29)19(17-8-6-5-7-9-17)13-22(27-24)33-16(3)25(30)26-18-10-11-20-21(12-18)32-14-31-20/h5-13,16H,4,14H2,1-3H3,(H,26,30)/t16-/m0/s1. The largest absolute Gasteiger partial charge is 0.464 e. The SMILES string of the molecule is CCn1nc(C)c2c(-c3ccccc3)cc(O[C@@H](C)C(=O)Nc3ccc4c(c3)OCO4)nc21. The van der Waals surface area contributed by atoms with Gasteiger partial charge < -0.3 is 19.5 Å². The highest BCUT2D eigenvalue weighted by atomic mass is 16.7. The van der Waals surface area contributed by atoms with Crippen molar-refractivity contribution in [3.8, 4) is 28.5 Å². The average Bonchev–Trinajstić information content (AvgIpc) is 3.42. The minimum absolute atomic E-state index is 0.179. The van der Waals surface area contributed by atoms with E-state index in [0.29, 0.717) is 29.6 Å². The van der Waals surface area contributed by atoms with Crippen molar-refractivity contribution < 1.29 is 19.0 Å². The number of aromatic nitrogens is 3. The first kappa shape index (κ1) is 20.8. The molecule has 1 atom stereocenters. The predicted octanol–water partition coefficient (Wildman–Crippen LogP) is 4.56. The molecular formula is C25H24N4O4. The van der Waals surface area contributed by atoms with Gasteiger partial charge in [-0.15, -0.1) is 0 Å². The van der Waals surface area contributed by atoms with Crippen LogP contribution in [-0.2, 0) is 11.3 Å². The number of ether oxygens (including phenoxy) is 3. The molecule has 5 rings (SSSR count). The highest BCUT2D eigenvalue weighted by molar-refractivity contribution is 5.96. The number of nitrogens with zero attached hydrogens (tertiary/aromatic N) is 3. The summed E-state index contributed by atoms with van der Waals surface area (Å²) in [6.07, 6.45) is -0.775. The molecule has 1 N–H and O–H groups in total. The summed E-state index contributed by atoms with van der Waals surface area (Å²) < 4.78 is 18.5. The van der Waals surface area contributed by atoms with Crippen LogP contribution in [-0.4, -0.2) is 33.6 Å². The number of hydrogen-bond donors (Lipinski definition) is 1. The Morgan fingerprint density at radius 3 is 2.73 bits per heavy atom. The third-order valence-corrected chi connectivity index (χ3v) is 5.55. The monoisotopic (exact) mass is 444 g/mol. The van der Waals surface area contributed by atoms with Crippen LogP contribution in [0.2, 0.25) is 0 Å². The first-order chi connectivity index (χ1) is 16.0. The van der Waals surface area contributed by atoms with Gasteiger partial charge in [0.1, 0.15) is 0 Å². The number of aryl methyl sites for hydroxylation is 2. The summed E-state index contributed by atoms with van der Waals surface area (Å²) in [6.45, 7) is 6.54. The molecule has 2 aromatic carbocycles. The van der Waals surface area contributed by atoms with E-state index in [1.165, 1.54) is 0 Å². The van der Waals surface area contributed by atoms with Crippen LogP contribution in [0.5, 0.6) is 17.4 Å². The highest BCUT2D eigenvalue weighted by Gasteiger charge is 2.21. The van der Waals surface area contributed by atoms with Gasteiger partial charge in [-0.25, -0.2) is 4.68 Å². The summed E-state index contributed by atoms with van der Waals surface area (Å²) in [7, 11) is 0. The van der Waals surface area contributed by atoms with Gasteiger partial charge >= 0.3 is 0 Å². The Hall–Kier alpha value is -4.07. The molecule has 0 spiro atoms. The number of carbonyl (C=O) groups excluding carboxylic acids is 1. The normalized spacial score (nSPS) is 13.2. The van der Waals surface area contributed by atoms with Crippen molar-refractivity contribution in [2.45, 2.75) is 33.4 Å². The molecule has 168 valence electrons. The fourth-order valence-electron chi connectivity index (χ4n) is 3.91. The number of hydrogen-bond acceptors (Lipinski definition) is 6. The summed E-state index contributed by atoms with van der Waals surface area (Å²) >= 11 is 0. The fourth-order valence-corrected chi connectivity index (χ4v) is 3.91. The van der Waals surface area contributed by atoms with Crippen LogP contribution in [0, 0.1) is 6.92 Å². The van der Waals surface area contributed by atoms with Crippen LogP contribution in [0.15, 0.2) is 54.6 Å².